The van der Waals surface area contributed by atoms with E-state index in [9.17, 15) is 0 Å². The molecule has 0 saturated carbocycles. The smallest absolute Gasteiger partial charge is 0.0590 e. The molecule has 2 atom stereocenters. The summed E-state index contributed by atoms with van der Waals surface area (Å²) in [4.78, 5) is 5.46. The fourth-order valence-corrected chi connectivity index (χ4v) is 4.06. The topological polar surface area (TPSA) is 29.3 Å². The molecule has 2 heterocycles. The molecule has 0 radical (unpaired) electrons. The van der Waals surface area contributed by atoms with Crippen LogP contribution in [0, 0.1) is 6.92 Å². The van der Waals surface area contributed by atoms with E-state index in [-0.39, 0.29) is 6.04 Å². The maximum absolute atomic E-state index is 6.26. The Balaban J connectivity index is 2.12. The molecule has 1 aliphatic rings. The van der Waals surface area contributed by atoms with Crippen LogP contribution >= 0.6 is 11.3 Å². The van der Waals surface area contributed by atoms with Crippen LogP contribution in [-0.4, -0.2) is 24.0 Å². The van der Waals surface area contributed by atoms with E-state index < -0.39 is 0 Å². The Labute approximate surface area is 115 Å². The maximum Gasteiger partial charge on any atom is 0.0590 e. The molecule has 0 amide bonds. The van der Waals surface area contributed by atoms with Crippen LogP contribution in [0.5, 0.6) is 0 Å². The Morgan fingerprint density at radius 3 is 2.22 bits per heavy atom. The fourth-order valence-electron chi connectivity index (χ4n) is 2.93. The number of thiophene rings is 1. The predicted octanol–water partition coefficient (Wildman–Crippen LogP) is 3.71. The lowest BCUT2D eigenvalue weighted by atomic mass is 10.0. The minimum absolute atomic E-state index is 0.211. The molecule has 0 spiro atoms. The van der Waals surface area contributed by atoms with E-state index in [1.165, 1.54) is 54.9 Å². The highest BCUT2D eigenvalue weighted by molar-refractivity contribution is 7.12. The summed E-state index contributed by atoms with van der Waals surface area (Å²) in [6.45, 7) is 6.75. The van der Waals surface area contributed by atoms with Crippen molar-refractivity contribution >= 4 is 11.3 Å². The van der Waals surface area contributed by atoms with Crippen LogP contribution in [0.1, 0.15) is 54.8 Å². The summed E-state index contributed by atoms with van der Waals surface area (Å²) in [6, 6.07) is 5.12. The zero-order chi connectivity index (χ0) is 13.0. The lowest BCUT2D eigenvalue weighted by Crippen LogP contribution is -2.40. The van der Waals surface area contributed by atoms with Crippen LogP contribution in [0.25, 0.3) is 0 Å². The molecule has 2 unspecified atom stereocenters. The molecule has 1 fully saturated rings. The van der Waals surface area contributed by atoms with Gasteiger partial charge in [0.1, 0.15) is 0 Å². The van der Waals surface area contributed by atoms with E-state index >= 15 is 0 Å². The largest absolute Gasteiger partial charge is 0.326 e. The number of aryl methyl sites for hydroxylation is 1. The number of hydrogen-bond acceptors (Lipinski definition) is 3. The van der Waals surface area contributed by atoms with Crippen LogP contribution in [-0.2, 0) is 0 Å². The van der Waals surface area contributed by atoms with Crippen molar-refractivity contribution < 1.29 is 0 Å². The van der Waals surface area contributed by atoms with Gasteiger partial charge in [-0.05, 0) is 51.9 Å². The molecule has 102 valence electrons. The Kier molecular flexibility index (Phi) is 5.22. The third kappa shape index (κ3) is 3.56. The van der Waals surface area contributed by atoms with Gasteiger partial charge in [0.25, 0.3) is 0 Å². The first-order valence-electron chi connectivity index (χ1n) is 7.24. The molecule has 0 aromatic carbocycles. The molecule has 0 aliphatic carbocycles. The fraction of sp³-hybridized carbons (Fsp3) is 0.733. The minimum Gasteiger partial charge on any atom is -0.326 e. The highest BCUT2D eigenvalue weighted by Crippen LogP contribution is 2.31. The van der Waals surface area contributed by atoms with Gasteiger partial charge in [0.15, 0.2) is 0 Å². The monoisotopic (exact) mass is 266 g/mol. The summed E-state index contributed by atoms with van der Waals surface area (Å²) in [5.41, 5.74) is 6.26. The molecule has 1 saturated heterocycles. The summed E-state index contributed by atoms with van der Waals surface area (Å²) in [5, 5.41) is 0. The van der Waals surface area contributed by atoms with Crippen molar-refractivity contribution in [2.75, 3.05) is 13.1 Å². The normalized spacial score (nSPS) is 22.2. The van der Waals surface area contributed by atoms with Gasteiger partial charge in [0, 0.05) is 15.8 Å². The molecule has 2 rings (SSSR count). The number of nitrogens with two attached hydrogens (primary N) is 1. The Hall–Kier alpha value is -0.380. The van der Waals surface area contributed by atoms with Crippen molar-refractivity contribution in [2.45, 2.75) is 58.0 Å². The quantitative estimate of drug-likeness (QED) is 0.903. The number of rotatable bonds is 3. The van der Waals surface area contributed by atoms with Gasteiger partial charge >= 0.3 is 0 Å². The van der Waals surface area contributed by atoms with E-state index in [0.29, 0.717) is 6.04 Å². The molecule has 1 aromatic heterocycles. The zero-order valence-corrected chi connectivity index (χ0v) is 12.5. The van der Waals surface area contributed by atoms with Crippen molar-refractivity contribution in [1.29, 1.82) is 0 Å². The summed E-state index contributed by atoms with van der Waals surface area (Å²) >= 11 is 1.91. The second-order valence-electron chi connectivity index (χ2n) is 5.56. The summed E-state index contributed by atoms with van der Waals surface area (Å²) in [5.74, 6) is 0. The number of nitrogens with zero attached hydrogens (tertiary/aromatic N) is 1. The van der Waals surface area contributed by atoms with Crippen LogP contribution in [0.3, 0.4) is 0 Å². The molecule has 3 heteroatoms. The SMILES string of the molecule is Cc1ccc(C(C(C)N)N2CCCCCCC2)s1. The van der Waals surface area contributed by atoms with Crippen molar-refractivity contribution in [3.8, 4) is 0 Å². The summed E-state index contributed by atoms with van der Waals surface area (Å²) in [6.07, 6.45) is 6.83. The average molecular weight is 266 g/mol. The Morgan fingerprint density at radius 1 is 1.11 bits per heavy atom. The lowest BCUT2D eigenvalue weighted by Gasteiger charge is -2.34. The average Bonchev–Trinajstić information content (AvgIpc) is 2.67. The number of hydrogen-bond donors (Lipinski definition) is 1. The molecular formula is C15H26N2S. The van der Waals surface area contributed by atoms with E-state index in [1.807, 2.05) is 11.3 Å². The van der Waals surface area contributed by atoms with E-state index in [4.69, 9.17) is 5.73 Å². The van der Waals surface area contributed by atoms with Gasteiger partial charge in [-0.3, -0.25) is 4.90 Å². The van der Waals surface area contributed by atoms with Crippen LogP contribution < -0.4 is 5.73 Å². The molecule has 0 bridgehead atoms. The first kappa shape index (κ1) is 14.0. The highest BCUT2D eigenvalue weighted by atomic mass is 32.1. The van der Waals surface area contributed by atoms with Gasteiger partial charge in [-0.25, -0.2) is 0 Å². The summed E-state index contributed by atoms with van der Waals surface area (Å²) < 4.78 is 0. The standard InChI is InChI=1S/C15H26N2S/c1-12-8-9-14(18-12)15(13(2)16)17-10-6-4-3-5-7-11-17/h8-9,13,15H,3-7,10-11,16H2,1-2H3. The maximum atomic E-state index is 6.26. The van der Waals surface area contributed by atoms with E-state index in [1.54, 1.807) is 0 Å². The van der Waals surface area contributed by atoms with Gasteiger partial charge in [-0.15, -0.1) is 11.3 Å². The number of likely N-dealkylation sites (tertiary alicyclic amines) is 1. The molecule has 1 aliphatic heterocycles. The molecule has 2 nitrogen and oxygen atoms in total. The Bertz CT molecular complexity index is 351. The third-order valence-corrected chi connectivity index (χ3v) is 4.91. The van der Waals surface area contributed by atoms with Gasteiger partial charge in [0.05, 0.1) is 6.04 Å². The lowest BCUT2D eigenvalue weighted by molar-refractivity contribution is 0.164. The molecule has 2 N–H and O–H groups in total. The molecular weight excluding hydrogens is 240 g/mol. The van der Waals surface area contributed by atoms with Gasteiger partial charge in [-0.2, -0.15) is 0 Å². The van der Waals surface area contributed by atoms with Crippen molar-refractivity contribution in [2.24, 2.45) is 5.73 Å². The van der Waals surface area contributed by atoms with Crippen molar-refractivity contribution in [3.05, 3.63) is 21.9 Å². The van der Waals surface area contributed by atoms with Gasteiger partial charge in [0.2, 0.25) is 0 Å². The molecule has 1 aromatic rings. The highest BCUT2D eigenvalue weighted by Gasteiger charge is 2.25. The van der Waals surface area contributed by atoms with E-state index in [2.05, 4.69) is 30.9 Å². The first-order valence-corrected chi connectivity index (χ1v) is 8.06. The minimum atomic E-state index is 0.211. The second kappa shape index (κ2) is 6.69. The van der Waals surface area contributed by atoms with Crippen molar-refractivity contribution in [1.82, 2.24) is 4.90 Å². The summed E-state index contributed by atoms with van der Waals surface area (Å²) in [7, 11) is 0. The second-order valence-corrected chi connectivity index (χ2v) is 6.88. The first-order chi connectivity index (χ1) is 8.68. The van der Waals surface area contributed by atoms with Crippen LogP contribution in [0.2, 0.25) is 0 Å². The van der Waals surface area contributed by atoms with Crippen molar-refractivity contribution in [3.63, 3.8) is 0 Å². The van der Waals surface area contributed by atoms with Crippen LogP contribution in [0.4, 0.5) is 0 Å². The Morgan fingerprint density at radius 2 is 1.72 bits per heavy atom. The zero-order valence-electron chi connectivity index (χ0n) is 11.7. The van der Waals surface area contributed by atoms with Gasteiger partial charge < -0.3 is 5.73 Å². The van der Waals surface area contributed by atoms with E-state index in [0.717, 1.165) is 0 Å². The predicted molar refractivity (Wildman–Crippen MR) is 80.1 cm³/mol. The third-order valence-electron chi connectivity index (χ3n) is 3.83. The van der Waals surface area contributed by atoms with Crippen LogP contribution in [0.15, 0.2) is 12.1 Å². The van der Waals surface area contributed by atoms with Gasteiger partial charge in [-0.1, -0.05) is 19.3 Å². The molecule has 18 heavy (non-hydrogen) atoms.